The van der Waals surface area contributed by atoms with E-state index >= 15 is 0 Å². The van der Waals surface area contributed by atoms with Crippen molar-refractivity contribution in [2.24, 2.45) is 4.99 Å². The molecular weight excluding hydrogens is 312 g/mol. The summed E-state index contributed by atoms with van der Waals surface area (Å²) in [6, 6.07) is 9.50. The predicted octanol–water partition coefficient (Wildman–Crippen LogP) is 1.17. The van der Waals surface area contributed by atoms with Crippen LogP contribution in [-0.2, 0) is 16.6 Å². The van der Waals surface area contributed by atoms with Crippen LogP contribution in [0.5, 0.6) is 0 Å². The van der Waals surface area contributed by atoms with E-state index in [1.165, 1.54) is 12.8 Å². The second-order valence-electron chi connectivity index (χ2n) is 5.56. The van der Waals surface area contributed by atoms with Crippen molar-refractivity contribution in [3.05, 3.63) is 35.9 Å². The molecule has 0 bridgehead atoms. The molecule has 23 heavy (non-hydrogen) atoms. The lowest BCUT2D eigenvalue weighted by atomic mass is 10.2. The number of aliphatic imine (C=N–C) groups is 1. The minimum Gasteiger partial charge on any atom is -0.357 e. The van der Waals surface area contributed by atoms with Gasteiger partial charge in [0.2, 0.25) is 10.0 Å². The van der Waals surface area contributed by atoms with Gasteiger partial charge >= 0.3 is 0 Å². The summed E-state index contributed by atoms with van der Waals surface area (Å²) in [5.41, 5.74) is 0.949. The lowest BCUT2D eigenvalue weighted by Crippen LogP contribution is -2.40. The molecule has 0 amide bonds. The SMILES string of the molecule is CCNC(=NCCS(=O)(=O)NCc1ccccc1)N1CCCC1. The van der Waals surface area contributed by atoms with Gasteiger partial charge < -0.3 is 10.2 Å². The van der Waals surface area contributed by atoms with Crippen LogP contribution in [0.3, 0.4) is 0 Å². The van der Waals surface area contributed by atoms with E-state index in [1.807, 2.05) is 37.3 Å². The van der Waals surface area contributed by atoms with Gasteiger partial charge in [-0.2, -0.15) is 0 Å². The molecule has 1 aliphatic heterocycles. The highest BCUT2D eigenvalue weighted by atomic mass is 32.2. The Morgan fingerprint density at radius 3 is 2.57 bits per heavy atom. The highest BCUT2D eigenvalue weighted by Crippen LogP contribution is 2.07. The predicted molar refractivity (Wildman–Crippen MR) is 93.9 cm³/mol. The minimum atomic E-state index is -3.32. The van der Waals surface area contributed by atoms with E-state index in [0.29, 0.717) is 6.54 Å². The van der Waals surface area contributed by atoms with Crippen LogP contribution in [0.15, 0.2) is 35.3 Å². The zero-order valence-electron chi connectivity index (χ0n) is 13.7. The molecule has 1 heterocycles. The largest absolute Gasteiger partial charge is 0.357 e. The van der Waals surface area contributed by atoms with Gasteiger partial charge in [-0.15, -0.1) is 0 Å². The Balaban J connectivity index is 1.83. The van der Waals surface area contributed by atoms with Crippen molar-refractivity contribution in [1.82, 2.24) is 14.9 Å². The summed E-state index contributed by atoms with van der Waals surface area (Å²) in [5.74, 6) is 0.825. The summed E-state index contributed by atoms with van der Waals surface area (Å²) in [6.07, 6.45) is 2.34. The van der Waals surface area contributed by atoms with Gasteiger partial charge in [-0.05, 0) is 25.3 Å². The Bertz CT molecular complexity index is 596. The normalized spacial score (nSPS) is 15.9. The van der Waals surface area contributed by atoms with Crippen molar-refractivity contribution in [3.63, 3.8) is 0 Å². The molecule has 0 saturated carbocycles. The fourth-order valence-corrected chi connectivity index (χ4v) is 3.35. The first-order valence-electron chi connectivity index (χ1n) is 8.15. The van der Waals surface area contributed by atoms with Gasteiger partial charge in [-0.1, -0.05) is 30.3 Å². The zero-order chi connectivity index (χ0) is 16.5. The van der Waals surface area contributed by atoms with Crippen LogP contribution in [0, 0.1) is 0 Å². The number of nitrogens with one attached hydrogen (secondary N) is 2. The minimum absolute atomic E-state index is 0.00255. The molecule has 0 aliphatic carbocycles. The topological polar surface area (TPSA) is 73.8 Å². The Labute approximate surface area is 139 Å². The number of hydrogen-bond donors (Lipinski definition) is 2. The third kappa shape index (κ3) is 6.19. The van der Waals surface area contributed by atoms with Crippen LogP contribution in [0.2, 0.25) is 0 Å². The van der Waals surface area contributed by atoms with E-state index in [9.17, 15) is 8.42 Å². The number of rotatable bonds is 7. The second kappa shape index (κ2) is 8.88. The highest BCUT2D eigenvalue weighted by Gasteiger charge is 2.16. The van der Waals surface area contributed by atoms with Crippen LogP contribution >= 0.6 is 0 Å². The van der Waals surface area contributed by atoms with Crippen LogP contribution in [0.25, 0.3) is 0 Å². The van der Waals surface area contributed by atoms with E-state index in [4.69, 9.17) is 0 Å². The summed E-state index contributed by atoms with van der Waals surface area (Å²) in [7, 11) is -3.32. The van der Waals surface area contributed by atoms with Gasteiger partial charge in [-0.25, -0.2) is 13.1 Å². The van der Waals surface area contributed by atoms with Crippen molar-refractivity contribution in [3.8, 4) is 0 Å². The van der Waals surface area contributed by atoms with E-state index in [-0.39, 0.29) is 12.3 Å². The molecule has 2 rings (SSSR count). The van der Waals surface area contributed by atoms with Gasteiger partial charge in [0.1, 0.15) is 0 Å². The molecular formula is C16H26N4O2S. The number of nitrogens with zero attached hydrogens (tertiary/aromatic N) is 2. The fraction of sp³-hybridized carbons (Fsp3) is 0.562. The van der Waals surface area contributed by atoms with Crippen LogP contribution in [0.4, 0.5) is 0 Å². The number of sulfonamides is 1. The number of hydrogen-bond acceptors (Lipinski definition) is 3. The summed E-state index contributed by atoms with van der Waals surface area (Å²) in [4.78, 5) is 6.64. The molecule has 7 heteroatoms. The average molecular weight is 338 g/mol. The molecule has 1 fully saturated rings. The first kappa shape index (κ1) is 17.7. The molecule has 1 aromatic rings. The van der Waals surface area contributed by atoms with Gasteiger partial charge in [0.15, 0.2) is 5.96 Å². The summed E-state index contributed by atoms with van der Waals surface area (Å²) < 4.78 is 26.7. The summed E-state index contributed by atoms with van der Waals surface area (Å²) in [5, 5.41) is 3.23. The lowest BCUT2D eigenvalue weighted by molar-refractivity contribution is 0.494. The van der Waals surface area contributed by atoms with Crippen molar-refractivity contribution in [1.29, 1.82) is 0 Å². The molecule has 0 aromatic heterocycles. The Morgan fingerprint density at radius 1 is 1.22 bits per heavy atom. The van der Waals surface area contributed by atoms with E-state index in [0.717, 1.165) is 31.2 Å². The molecule has 0 radical (unpaired) electrons. The summed E-state index contributed by atoms with van der Waals surface area (Å²) in [6.45, 7) is 5.37. The zero-order valence-corrected chi connectivity index (χ0v) is 14.5. The molecule has 128 valence electrons. The van der Waals surface area contributed by atoms with Crippen LogP contribution in [-0.4, -0.2) is 51.2 Å². The quantitative estimate of drug-likeness (QED) is 0.578. The number of likely N-dealkylation sites (tertiary alicyclic amines) is 1. The number of guanidine groups is 1. The van der Waals surface area contributed by atoms with Crippen molar-refractivity contribution in [2.45, 2.75) is 26.3 Å². The first-order valence-corrected chi connectivity index (χ1v) is 9.80. The maximum Gasteiger partial charge on any atom is 0.213 e. The molecule has 0 unspecified atom stereocenters. The van der Waals surface area contributed by atoms with Crippen molar-refractivity contribution in [2.75, 3.05) is 31.9 Å². The Kier molecular flexibility index (Phi) is 6.85. The van der Waals surface area contributed by atoms with Crippen LogP contribution < -0.4 is 10.0 Å². The van der Waals surface area contributed by atoms with E-state index in [1.54, 1.807) is 0 Å². The maximum atomic E-state index is 12.1. The van der Waals surface area contributed by atoms with Crippen molar-refractivity contribution < 1.29 is 8.42 Å². The Morgan fingerprint density at radius 2 is 1.91 bits per heavy atom. The molecule has 2 N–H and O–H groups in total. The molecule has 1 aromatic carbocycles. The molecule has 6 nitrogen and oxygen atoms in total. The average Bonchev–Trinajstić information content (AvgIpc) is 3.07. The highest BCUT2D eigenvalue weighted by molar-refractivity contribution is 7.89. The maximum absolute atomic E-state index is 12.1. The second-order valence-corrected chi connectivity index (χ2v) is 7.48. The van der Waals surface area contributed by atoms with E-state index in [2.05, 4.69) is 19.9 Å². The van der Waals surface area contributed by atoms with Gasteiger partial charge in [0.25, 0.3) is 0 Å². The molecule has 1 saturated heterocycles. The van der Waals surface area contributed by atoms with Gasteiger partial charge in [0.05, 0.1) is 12.3 Å². The number of benzene rings is 1. The molecule has 0 atom stereocenters. The fourth-order valence-electron chi connectivity index (χ4n) is 2.49. The van der Waals surface area contributed by atoms with Crippen LogP contribution in [0.1, 0.15) is 25.3 Å². The lowest BCUT2D eigenvalue weighted by Gasteiger charge is -2.20. The monoisotopic (exact) mass is 338 g/mol. The van der Waals surface area contributed by atoms with Gasteiger partial charge in [-0.3, -0.25) is 4.99 Å². The molecule has 1 aliphatic rings. The smallest absolute Gasteiger partial charge is 0.213 e. The Hall–Kier alpha value is -1.60. The first-order chi connectivity index (χ1) is 11.1. The standard InChI is InChI=1S/C16H26N4O2S/c1-2-17-16(20-11-6-7-12-20)18-10-13-23(21,22)19-14-15-8-4-3-5-9-15/h3-5,8-9,19H,2,6-7,10-14H2,1H3,(H,17,18). The van der Waals surface area contributed by atoms with Gasteiger partial charge in [0, 0.05) is 26.2 Å². The molecule has 0 spiro atoms. The van der Waals surface area contributed by atoms with E-state index < -0.39 is 10.0 Å². The third-order valence-electron chi connectivity index (χ3n) is 3.70. The summed E-state index contributed by atoms with van der Waals surface area (Å²) >= 11 is 0. The van der Waals surface area contributed by atoms with Crippen molar-refractivity contribution >= 4 is 16.0 Å². The third-order valence-corrected chi connectivity index (χ3v) is 5.01.